The number of nitrogens with zero attached hydrogens (tertiary/aromatic N) is 2. The average Bonchev–Trinajstić information content (AvgIpc) is 3.12. The lowest BCUT2D eigenvalue weighted by Crippen LogP contribution is -2.30. The summed E-state index contributed by atoms with van der Waals surface area (Å²) in [5.74, 6) is 0. The van der Waals surface area contributed by atoms with Crippen LogP contribution in [0.1, 0.15) is 36.5 Å². The van der Waals surface area contributed by atoms with Crippen molar-refractivity contribution in [3.05, 3.63) is 69.6 Å². The molecule has 0 saturated carbocycles. The van der Waals surface area contributed by atoms with E-state index >= 15 is 0 Å². The summed E-state index contributed by atoms with van der Waals surface area (Å²) in [5, 5.41) is 9.94. The summed E-state index contributed by atoms with van der Waals surface area (Å²) in [7, 11) is 0. The largest absolute Gasteiger partial charge is 0.422 e. The first-order valence-electron chi connectivity index (χ1n) is 9.88. The zero-order valence-electron chi connectivity index (χ0n) is 16.4. The third-order valence-corrected chi connectivity index (χ3v) is 5.97. The fourth-order valence-corrected chi connectivity index (χ4v) is 4.18. The second-order valence-corrected chi connectivity index (χ2v) is 7.67. The van der Waals surface area contributed by atoms with E-state index in [1.54, 1.807) is 12.1 Å². The number of hydrogen-bond donors (Lipinski definition) is 0. The first-order valence-corrected chi connectivity index (χ1v) is 9.88. The highest BCUT2D eigenvalue weighted by Crippen LogP contribution is 2.27. The predicted octanol–water partition coefficient (Wildman–Crippen LogP) is 4.67. The molecule has 0 N–H and O–H groups in total. The summed E-state index contributed by atoms with van der Waals surface area (Å²) >= 11 is 0. The Kier molecular flexibility index (Phi) is 5.02. The Bertz CT molecular complexity index is 1110. The van der Waals surface area contributed by atoms with Gasteiger partial charge in [-0.3, -0.25) is 0 Å². The van der Waals surface area contributed by atoms with Gasteiger partial charge in [0.05, 0.1) is 11.6 Å². The van der Waals surface area contributed by atoms with E-state index in [1.165, 1.54) is 12.8 Å². The number of nitriles is 1. The van der Waals surface area contributed by atoms with Gasteiger partial charge < -0.3 is 9.32 Å². The lowest BCUT2D eigenvalue weighted by Gasteiger charge is -2.21. The van der Waals surface area contributed by atoms with Crippen molar-refractivity contribution in [3.8, 4) is 17.2 Å². The maximum atomic E-state index is 12.7. The molecule has 1 aromatic heterocycles. The summed E-state index contributed by atoms with van der Waals surface area (Å²) in [6, 6.07) is 16.1. The Labute approximate surface area is 165 Å². The molecule has 0 aliphatic carbocycles. The predicted molar refractivity (Wildman–Crippen MR) is 111 cm³/mol. The van der Waals surface area contributed by atoms with Gasteiger partial charge in [0.15, 0.2) is 0 Å². The molecule has 2 aromatic carbocycles. The smallest absolute Gasteiger partial charge is 0.339 e. The van der Waals surface area contributed by atoms with Gasteiger partial charge in [-0.25, -0.2) is 4.79 Å². The minimum Gasteiger partial charge on any atom is -0.422 e. The SMILES string of the molecule is Cc1c(CCN2CCCC2C)c(=O)oc2cc(-c3ccc(C#N)cc3)ccc12. The molecule has 1 unspecified atom stereocenters. The van der Waals surface area contributed by atoms with Crippen LogP contribution in [0.25, 0.3) is 22.1 Å². The van der Waals surface area contributed by atoms with Crippen LogP contribution >= 0.6 is 0 Å². The number of rotatable bonds is 4. The van der Waals surface area contributed by atoms with Crippen LogP contribution in [-0.4, -0.2) is 24.0 Å². The van der Waals surface area contributed by atoms with Gasteiger partial charge in [-0.05, 0) is 74.5 Å². The molecule has 4 rings (SSSR count). The molecule has 2 heterocycles. The maximum Gasteiger partial charge on any atom is 0.339 e. The highest BCUT2D eigenvalue weighted by molar-refractivity contribution is 5.85. The monoisotopic (exact) mass is 372 g/mol. The van der Waals surface area contributed by atoms with E-state index in [0.717, 1.165) is 47.2 Å². The molecule has 1 aliphatic rings. The van der Waals surface area contributed by atoms with Crippen LogP contribution in [0.3, 0.4) is 0 Å². The van der Waals surface area contributed by atoms with Crippen molar-refractivity contribution < 1.29 is 4.42 Å². The molecular weight excluding hydrogens is 348 g/mol. The van der Waals surface area contributed by atoms with E-state index in [9.17, 15) is 4.79 Å². The fourth-order valence-electron chi connectivity index (χ4n) is 4.18. The Morgan fingerprint density at radius 2 is 1.93 bits per heavy atom. The first-order chi connectivity index (χ1) is 13.6. The molecule has 0 spiro atoms. The minimum absolute atomic E-state index is 0.228. The first kappa shape index (κ1) is 18.5. The van der Waals surface area contributed by atoms with Gasteiger partial charge in [0.25, 0.3) is 0 Å². The van der Waals surface area contributed by atoms with Crippen LogP contribution in [0.4, 0.5) is 0 Å². The summed E-state index contributed by atoms with van der Waals surface area (Å²) in [6.45, 7) is 6.30. The van der Waals surface area contributed by atoms with E-state index < -0.39 is 0 Å². The summed E-state index contributed by atoms with van der Waals surface area (Å²) in [5.41, 5.74) is 4.79. The molecule has 1 atom stereocenters. The molecule has 0 radical (unpaired) electrons. The van der Waals surface area contributed by atoms with Gasteiger partial charge in [0, 0.05) is 23.5 Å². The second kappa shape index (κ2) is 7.61. The quantitative estimate of drug-likeness (QED) is 0.625. The molecule has 3 aromatic rings. The van der Waals surface area contributed by atoms with Gasteiger partial charge in [0.1, 0.15) is 5.58 Å². The van der Waals surface area contributed by atoms with Gasteiger partial charge >= 0.3 is 5.63 Å². The van der Waals surface area contributed by atoms with Crippen LogP contribution in [0.2, 0.25) is 0 Å². The number of fused-ring (bicyclic) bond motifs is 1. The molecule has 1 aliphatic heterocycles. The molecule has 1 fully saturated rings. The third kappa shape index (κ3) is 3.46. The molecule has 142 valence electrons. The maximum absolute atomic E-state index is 12.7. The van der Waals surface area contributed by atoms with Crippen LogP contribution in [0.5, 0.6) is 0 Å². The lowest BCUT2D eigenvalue weighted by atomic mass is 9.99. The van der Waals surface area contributed by atoms with E-state index in [-0.39, 0.29) is 5.63 Å². The molecular formula is C24H24N2O2. The zero-order valence-corrected chi connectivity index (χ0v) is 16.4. The summed E-state index contributed by atoms with van der Waals surface area (Å²) in [4.78, 5) is 15.1. The van der Waals surface area contributed by atoms with Crippen LogP contribution in [0.15, 0.2) is 51.7 Å². The second-order valence-electron chi connectivity index (χ2n) is 7.67. The van der Waals surface area contributed by atoms with E-state index in [0.29, 0.717) is 17.2 Å². The molecule has 4 heteroatoms. The normalized spacial score (nSPS) is 17.1. The fraction of sp³-hybridized carbons (Fsp3) is 0.333. The van der Waals surface area contributed by atoms with Crippen LogP contribution < -0.4 is 5.63 Å². The van der Waals surface area contributed by atoms with Crippen molar-refractivity contribution >= 4 is 11.0 Å². The molecule has 28 heavy (non-hydrogen) atoms. The van der Waals surface area contributed by atoms with Gasteiger partial charge in [-0.2, -0.15) is 5.26 Å². The highest BCUT2D eigenvalue weighted by Gasteiger charge is 2.21. The number of aryl methyl sites for hydroxylation is 1. The Balaban J connectivity index is 1.65. The zero-order chi connectivity index (χ0) is 19.7. The molecule has 1 saturated heterocycles. The van der Waals surface area contributed by atoms with Gasteiger partial charge in [0.2, 0.25) is 0 Å². The van der Waals surface area contributed by atoms with Crippen molar-refractivity contribution in [2.24, 2.45) is 0 Å². The van der Waals surface area contributed by atoms with Gasteiger partial charge in [-0.15, -0.1) is 0 Å². The minimum atomic E-state index is -0.228. The molecule has 4 nitrogen and oxygen atoms in total. The number of likely N-dealkylation sites (tertiary alicyclic amines) is 1. The van der Waals surface area contributed by atoms with Crippen molar-refractivity contribution in [1.82, 2.24) is 4.90 Å². The van der Waals surface area contributed by atoms with E-state index in [2.05, 4.69) is 17.9 Å². The van der Waals surface area contributed by atoms with Crippen molar-refractivity contribution in [1.29, 1.82) is 5.26 Å². The van der Waals surface area contributed by atoms with E-state index in [4.69, 9.17) is 9.68 Å². The van der Waals surface area contributed by atoms with Crippen molar-refractivity contribution in [2.75, 3.05) is 13.1 Å². The highest BCUT2D eigenvalue weighted by atomic mass is 16.4. The van der Waals surface area contributed by atoms with Crippen LogP contribution in [-0.2, 0) is 6.42 Å². The summed E-state index contributed by atoms with van der Waals surface area (Å²) < 4.78 is 5.70. The average molecular weight is 372 g/mol. The number of hydrogen-bond acceptors (Lipinski definition) is 4. The van der Waals surface area contributed by atoms with Crippen LogP contribution in [0, 0.1) is 18.3 Å². The Hall–Kier alpha value is -2.90. The van der Waals surface area contributed by atoms with Crippen molar-refractivity contribution in [3.63, 3.8) is 0 Å². The van der Waals surface area contributed by atoms with Crippen molar-refractivity contribution in [2.45, 2.75) is 39.2 Å². The molecule has 0 amide bonds. The Morgan fingerprint density at radius 3 is 2.61 bits per heavy atom. The van der Waals surface area contributed by atoms with Gasteiger partial charge in [-0.1, -0.05) is 24.3 Å². The molecule has 0 bridgehead atoms. The third-order valence-electron chi connectivity index (χ3n) is 5.97. The lowest BCUT2D eigenvalue weighted by molar-refractivity contribution is 0.271. The Morgan fingerprint density at radius 1 is 1.18 bits per heavy atom. The topological polar surface area (TPSA) is 57.2 Å². The van der Waals surface area contributed by atoms with E-state index in [1.807, 2.05) is 37.3 Å². The standard InChI is InChI=1S/C24H24N2O2/c1-16-4-3-12-26(16)13-11-22-17(2)21-10-9-20(14-23(21)28-24(22)27)19-7-5-18(15-25)6-8-19/h5-10,14,16H,3-4,11-13H2,1-2H3. The summed E-state index contributed by atoms with van der Waals surface area (Å²) in [6.07, 6.45) is 3.21. The number of benzene rings is 2.